The molecule has 2 aromatic rings. The smallest absolute Gasteiger partial charge is 0.244 e. The van der Waals surface area contributed by atoms with Crippen LogP contribution >= 0.6 is 11.6 Å². The molecule has 1 N–H and O–H groups in total. The molecule has 5 nitrogen and oxygen atoms in total. The molecular formula is C19H23ClN2O3S. The van der Waals surface area contributed by atoms with Crippen molar-refractivity contribution in [2.24, 2.45) is 0 Å². The highest BCUT2D eigenvalue weighted by atomic mass is 35.5. The number of halogens is 1. The molecule has 0 amide bonds. The molecule has 0 atom stereocenters. The van der Waals surface area contributed by atoms with Crippen LogP contribution in [-0.4, -0.2) is 33.5 Å². The van der Waals surface area contributed by atoms with Crippen molar-refractivity contribution < 1.29 is 13.2 Å². The fourth-order valence-corrected chi connectivity index (χ4v) is 4.53. The molecule has 140 valence electrons. The molecule has 2 aromatic carbocycles. The predicted octanol–water partition coefficient (Wildman–Crippen LogP) is 3.42. The Balaban J connectivity index is 1.65. The number of nitrogens with zero attached hydrogens (tertiary/aromatic N) is 1. The van der Waals surface area contributed by atoms with Crippen molar-refractivity contribution in [3.63, 3.8) is 0 Å². The Morgan fingerprint density at radius 1 is 1.08 bits per heavy atom. The van der Waals surface area contributed by atoms with E-state index in [1.807, 2.05) is 12.1 Å². The van der Waals surface area contributed by atoms with Gasteiger partial charge in [0.1, 0.15) is 10.6 Å². The van der Waals surface area contributed by atoms with E-state index >= 15 is 0 Å². The first-order chi connectivity index (χ1) is 12.5. The van der Waals surface area contributed by atoms with Gasteiger partial charge >= 0.3 is 0 Å². The minimum Gasteiger partial charge on any atom is -0.495 e. The van der Waals surface area contributed by atoms with Gasteiger partial charge in [-0.15, -0.1) is 0 Å². The van der Waals surface area contributed by atoms with E-state index in [4.69, 9.17) is 16.3 Å². The van der Waals surface area contributed by atoms with Gasteiger partial charge in [0.05, 0.1) is 7.11 Å². The van der Waals surface area contributed by atoms with Crippen LogP contribution in [0, 0.1) is 0 Å². The van der Waals surface area contributed by atoms with E-state index in [2.05, 4.69) is 21.8 Å². The van der Waals surface area contributed by atoms with E-state index in [-0.39, 0.29) is 17.2 Å². The molecule has 1 aliphatic heterocycles. The number of sulfonamides is 1. The van der Waals surface area contributed by atoms with Crippen molar-refractivity contribution >= 4 is 21.6 Å². The first-order valence-corrected chi connectivity index (χ1v) is 10.5. The second kappa shape index (κ2) is 8.39. The van der Waals surface area contributed by atoms with E-state index in [1.165, 1.54) is 31.6 Å². The highest BCUT2D eigenvalue weighted by Gasteiger charge is 2.20. The van der Waals surface area contributed by atoms with E-state index in [1.54, 1.807) is 12.1 Å². The minimum atomic E-state index is -3.72. The number of benzene rings is 2. The van der Waals surface area contributed by atoms with Crippen LogP contribution < -0.4 is 9.46 Å². The number of nitrogens with one attached hydrogen (secondary N) is 1. The van der Waals surface area contributed by atoms with Gasteiger partial charge in [-0.2, -0.15) is 0 Å². The third kappa shape index (κ3) is 4.76. The van der Waals surface area contributed by atoms with Crippen LogP contribution in [0.2, 0.25) is 5.02 Å². The average molecular weight is 395 g/mol. The molecule has 3 rings (SSSR count). The zero-order chi connectivity index (χ0) is 18.6. The van der Waals surface area contributed by atoms with Gasteiger partial charge in [0.15, 0.2) is 0 Å². The van der Waals surface area contributed by atoms with Gasteiger partial charge in [-0.3, -0.25) is 4.90 Å². The van der Waals surface area contributed by atoms with E-state index in [0.717, 1.165) is 25.2 Å². The highest BCUT2D eigenvalue weighted by molar-refractivity contribution is 7.89. The number of hydrogen-bond donors (Lipinski definition) is 1. The summed E-state index contributed by atoms with van der Waals surface area (Å²) in [6.45, 7) is 3.47. The fourth-order valence-electron chi connectivity index (χ4n) is 3.08. The van der Waals surface area contributed by atoms with Crippen LogP contribution in [-0.2, 0) is 23.1 Å². The third-order valence-electron chi connectivity index (χ3n) is 4.51. The monoisotopic (exact) mass is 394 g/mol. The molecule has 0 aliphatic carbocycles. The van der Waals surface area contributed by atoms with Gasteiger partial charge < -0.3 is 4.74 Å². The van der Waals surface area contributed by atoms with Crippen LogP contribution in [0.4, 0.5) is 0 Å². The van der Waals surface area contributed by atoms with Crippen LogP contribution in [0.3, 0.4) is 0 Å². The summed E-state index contributed by atoms with van der Waals surface area (Å²) in [5, 5.41) is 0.345. The Morgan fingerprint density at radius 2 is 1.73 bits per heavy atom. The first-order valence-electron chi connectivity index (χ1n) is 8.61. The van der Waals surface area contributed by atoms with Crippen molar-refractivity contribution in [1.29, 1.82) is 0 Å². The van der Waals surface area contributed by atoms with Crippen LogP contribution in [0.15, 0.2) is 47.4 Å². The van der Waals surface area contributed by atoms with Gasteiger partial charge in [0.25, 0.3) is 0 Å². The van der Waals surface area contributed by atoms with E-state index in [0.29, 0.717) is 5.02 Å². The molecule has 26 heavy (non-hydrogen) atoms. The maximum absolute atomic E-state index is 12.6. The average Bonchev–Trinajstić information content (AvgIpc) is 3.14. The normalized spacial score (nSPS) is 15.3. The Labute approximate surface area is 160 Å². The molecular weight excluding hydrogens is 372 g/mol. The highest BCUT2D eigenvalue weighted by Crippen LogP contribution is 2.27. The fraction of sp³-hybridized carbons (Fsp3) is 0.368. The van der Waals surface area contributed by atoms with Crippen molar-refractivity contribution in [1.82, 2.24) is 9.62 Å². The summed E-state index contributed by atoms with van der Waals surface area (Å²) in [5.41, 5.74) is 2.15. The van der Waals surface area contributed by atoms with Crippen LogP contribution in [0.25, 0.3) is 0 Å². The molecule has 1 aliphatic rings. The van der Waals surface area contributed by atoms with Crippen molar-refractivity contribution in [2.45, 2.75) is 30.8 Å². The minimum absolute atomic E-state index is 0.0400. The zero-order valence-electron chi connectivity index (χ0n) is 14.7. The number of methoxy groups -OCH3 is 1. The molecule has 0 saturated carbocycles. The summed E-state index contributed by atoms with van der Waals surface area (Å²) in [6.07, 6.45) is 2.54. The molecule has 0 unspecified atom stereocenters. The van der Waals surface area contributed by atoms with Gasteiger partial charge in [-0.05, 0) is 55.3 Å². The first kappa shape index (κ1) is 19.2. The number of hydrogen-bond acceptors (Lipinski definition) is 4. The third-order valence-corrected chi connectivity index (χ3v) is 6.17. The molecule has 7 heteroatoms. The predicted molar refractivity (Wildman–Crippen MR) is 103 cm³/mol. The summed E-state index contributed by atoms with van der Waals surface area (Å²) in [7, 11) is -2.29. The van der Waals surface area contributed by atoms with Crippen LogP contribution in [0.5, 0.6) is 5.75 Å². The molecule has 1 saturated heterocycles. The topological polar surface area (TPSA) is 58.6 Å². The lowest BCUT2D eigenvalue weighted by Gasteiger charge is -2.15. The standard InChI is InChI=1S/C19H23ClN2O3S/c1-25-18-9-8-17(20)12-19(18)26(23,24)21-13-15-4-6-16(7-5-15)14-22-10-2-3-11-22/h4-9,12,21H,2-3,10-11,13-14H2,1H3. The number of ether oxygens (including phenoxy) is 1. The lowest BCUT2D eigenvalue weighted by Crippen LogP contribution is -2.24. The second-order valence-corrected chi connectivity index (χ2v) is 8.59. The summed E-state index contributed by atoms with van der Waals surface area (Å²) in [5.74, 6) is 0.267. The number of likely N-dealkylation sites (tertiary alicyclic amines) is 1. The van der Waals surface area contributed by atoms with E-state index in [9.17, 15) is 8.42 Å². The summed E-state index contributed by atoms with van der Waals surface area (Å²) in [6, 6.07) is 12.6. The Kier molecular flexibility index (Phi) is 6.19. The summed E-state index contributed by atoms with van der Waals surface area (Å²) < 4.78 is 32.9. The second-order valence-electron chi connectivity index (χ2n) is 6.42. The van der Waals surface area contributed by atoms with E-state index < -0.39 is 10.0 Å². The van der Waals surface area contributed by atoms with Crippen LogP contribution in [0.1, 0.15) is 24.0 Å². The Morgan fingerprint density at radius 3 is 2.38 bits per heavy atom. The van der Waals surface area contributed by atoms with Crippen molar-refractivity contribution in [3.05, 3.63) is 58.6 Å². The lowest BCUT2D eigenvalue weighted by atomic mass is 10.1. The molecule has 1 fully saturated rings. The quantitative estimate of drug-likeness (QED) is 0.781. The van der Waals surface area contributed by atoms with Crippen molar-refractivity contribution in [3.8, 4) is 5.75 Å². The molecule has 0 bridgehead atoms. The summed E-state index contributed by atoms with van der Waals surface area (Å²) in [4.78, 5) is 2.47. The zero-order valence-corrected chi connectivity index (χ0v) is 16.3. The van der Waals surface area contributed by atoms with Gasteiger partial charge in [-0.1, -0.05) is 35.9 Å². The Hall–Kier alpha value is -1.60. The van der Waals surface area contributed by atoms with Crippen molar-refractivity contribution in [2.75, 3.05) is 20.2 Å². The molecule has 1 heterocycles. The molecule has 0 aromatic heterocycles. The SMILES string of the molecule is COc1ccc(Cl)cc1S(=O)(=O)NCc1ccc(CN2CCCC2)cc1. The Bertz CT molecular complexity index is 848. The maximum Gasteiger partial charge on any atom is 0.244 e. The molecule has 0 spiro atoms. The lowest BCUT2D eigenvalue weighted by molar-refractivity contribution is 0.331. The van der Waals surface area contributed by atoms with Gasteiger partial charge in [0, 0.05) is 18.1 Å². The molecule has 0 radical (unpaired) electrons. The maximum atomic E-state index is 12.6. The largest absolute Gasteiger partial charge is 0.495 e. The summed E-state index contributed by atoms with van der Waals surface area (Å²) >= 11 is 5.93. The number of rotatable bonds is 7. The van der Waals surface area contributed by atoms with Gasteiger partial charge in [-0.25, -0.2) is 13.1 Å². The van der Waals surface area contributed by atoms with Gasteiger partial charge in [0.2, 0.25) is 10.0 Å².